The van der Waals surface area contributed by atoms with Gasteiger partial charge >= 0.3 is 0 Å². The summed E-state index contributed by atoms with van der Waals surface area (Å²) in [5.41, 5.74) is 4.83. The highest BCUT2D eigenvalue weighted by Gasteiger charge is 2.27. The quantitative estimate of drug-likeness (QED) is 0.532. The summed E-state index contributed by atoms with van der Waals surface area (Å²) in [6.07, 6.45) is 2.62. The molecule has 1 heterocycles. The minimum atomic E-state index is -0.330. The summed E-state index contributed by atoms with van der Waals surface area (Å²) in [5.74, 6) is 1.70. The van der Waals surface area contributed by atoms with Crippen LogP contribution in [0.1, 0.15) is 52.2 Å². The van der Waals surface area contributed by atoms with Gasteiger partial charge in [-0.15, -0.1) is 0 Å². The molecule has 0 atom stereocenters. The first-order valence-electron chi connectivity index (χ1n) is 10.1. The maximum atomic E-state index is 12.0. The molecule has 0 saturated carbocycles. The van der Waals surface area contributed by atoms with Gasteiger partial charge in [-0.1, -0.05) is 46.8 Å². The van der Waals surface area contributed by atoms with Gasteiger partial charge in [-0.2, -0.15) is 5.10 Å². The van der Waals surface area contributed by atoms with Crippen LogP contribution in [0, 0.1) is 5.41 Å². The van der Waals surface area contributed by atoms with Crippen LogP contribution in [0.2, 0.25) is 0 Å². The van der Waals surface area contributed by atoms with Crippen LogP contribution in [-0.4, -0.2) is 25.5 Å². The molecule has 0 spiro atoms. The van der Waals surface area contributed by atoms with E-state index in [1.165, 1.54) is 5.56 Å². The number of hydrogen-bond donors (Lipinski definition) is 1. The normalized spacial score (nSPS) is 13.5. The van der Waals surface area contributed by atoms with Crippen molar-refractivity contribution in [2.75, 3.05) is 13.4 Å². The first-order valence-corrected chi connectivity index (χ1v) is 10.1. The van der Waals surface area contributed by atoms with Gasteiger partial charge in [0.15, 0.2) is 18.1 Å². The molecule has 30 heavy (non-hydrogen) atoms. The Labute approximate surface area is 178 Å². The van der Waals surface area contributed by atoms with Crippen molar-refractivity contribution >= 4 is 12.1 Å². The average molecular weight is 411 g/mol. The lowest BCUT2D eigenvalue weighted by Gasteiger charge is -2.33. The summed E-state index contributed by atoms with van der Waals surface area (Å²) in [5, 5.41) is 3.96. The van der Waals surface area contributed by atoms with Crippen molar-refractivity contribution in [2.24, 2.45) is 10.5 Å². The standard InChI is InChI=1S/C24H30N2O4/c1-23(2,3)15-24(4,5)18-7-9-19(10-8-18)28-14-22(27)26-25-13-17-6-11-20-21(12-17)30-16-29-20/h6-13H,14-16H2,1-5H3,(H,26,27)/b25-13+. The van der Waals surface area contributed by atoms with Crippen molar-refractivity contribution in [1.29, 1.82) is 0 Å². The van der Waals surface area contributed by atoms with Crippen LogP contribution in [-0.2, 0) is 10.2 Å². The summed E-state index contributed by atoms with van der Waals surface area (Å²) in [4.78, 5) is 12.0. The first-order chi connectivity index (χ1) is 14.1. The fraction of sp³-hybridized carbons (Fsp3) is 0.417. The molecule has 1 aliphatic rings. The maximum absolute atomic E-state index is 12.0. The van der Waals surface area contributed by atoms with Gasteiger partial charge in [-0.25, -0.2) is 5.43 Å². The Hall–Kier alpha value is -3.02. The van der Waals surface area contributed by atoms with Crippen LogP contribution in [0.3, 0.4) is 0 Å². The molecule has 0 unspecified atom stereocenters. The SMILES string of the molecule is CC(C)(C)CC(C)(C)c1ccc(OCC(=O)N/N=C/c2ccc3c(c2)OCO3)cc1. The lowest BCUT2D eigenvalue weighted by molar-refractivity contribution is -0.123. The van der Waals surface area contributed by atoms with Crippen LogP contribution < -0.4 is 19.6 Å². The molecule has 1 N–H and O–H groups in total. The second-order valence-electron chi connectivity index (χ2n) is 9.34. The second-order valence-corrected chi connectivity index (χ2v) is 9.34. The van der Waals surface area contributed by atoms with E-state index in [2.05, 4.69) is 57.3 Å². The fourth-order valence-electron chi connectivity index (χ4n) is 3.78. The van der Waals surface area contributed by atoms with Gasteiger partial charge in [0.05, 0.1) is 6.21 Å². The topological polar surface area (TPSA) is 69.2 Å². The molecule has 2 aromatic carbocycles. The molecule has 0 radical (unpaired) electrons. The predicted molar refractivity (Wildman–Crippen MR) is 117 cm³/mol. The monoisotopic (exact) mass is 410 g/mol. The van der Waals surface area contributed by atoms with E-state index in [0.29, 0.717) is 17.2 Å². The Kier molecular flexibility index (Phi) is 6.34. The van der Waals surface area contributed by atoms with Crippen LogP contribution in [0.4, 0.5) is 0 Å². The molecule has 0 aromatic heterocycles. The Morgan fingerprint density at radius 3 is 2.47 bits per heavy atom. The zero-order valence-corrected chi connectivity index (χ0v) is 18.3. The van der Waals surface area contributed by atoms with E-state index in [4.69, 9.17) is 14.2 Å². The molecular formula is C24H30N2O4. The zero-order valence-electron chi connectivity index (χ0n) is 18.3. The van der Waals surface area contributed by atoms with Crippen molar-refractivity contribution in [3.63, 3.8) is 0 Å². The second kappa shape index (κ2) is 8.78. The van der Waals surface area contributed by atoms with Crippen LogP contribution >= 0.6 is 0 Å². The first kappa shape index (κ1) is 21.7. The van der Waals surface area contributed by atoms with Gasteiger partial charge in [0.2, 0.25) is 6.79 Å². The number of ether oxygens (including phenoxy) is 3. The summed E-state index contributed by atoms with van der Waals surface area (Å²) in [6, 6.07) is 13.4. The summed E-state index contributed by atoms with van der Waals surface area (Å²) in [6.45, 7) is 11.4. The summed E-state index contributed by atoms with van der Waals surface area (Å²) < 4.78 is 16.2. The molecule has 160 valence electrons. The van der Waals surface area contributed by atoms with Crippen molar-refractivity contribution in [3.8, 4) is 17.2 Å². The van der Waals surface area contributed by atoms with Gasteiger partial charge in [0, 0.05) is 0 Å². The number of fused-ring (bicyclic) bond motifs is 1. The molecule has 1 aliphatic heterocycles. The van der Waals surface area contributed by atoms with Crippen molar-refractivity contribution in [1.82, 2.24) is 5.43 Å². The number of carbonyl (C=O) groups is 1. The molecule has 1 amide bonds. The molecule has 0 fully saturated rings. The minimum Gasteiger partial charge on any atom is -0.484 e. The summed E-state index contributed by atoms with van der Waals surface area (Å²) >= 11 is 0. The smallest absolute Gasteiger partial charge is 0.277 e. The van der Waals surface area contributed by atoms with Crippen molar-refractivity contribution < 1.29 is 19.0 Å². The molecule has 6 heteroatoms. The summed E-state index contributed by atoms with van der Waals surface area (Å²) in [7, 11) is 0. The van der Waals surface area contributed by atoms with Crippen LogP contribution in [0.5, 0.6) is 17.2 Å². The van der Waals surface area contributed by atoms with Crippen molar-refractivity contribution in [2.45, 2.75) is 46.5 Å². The highest BCUT2D eigenvalue weighted by atomic mass is 16.7. The van der Waals surface area contributed by atoms with Crippen LogP contribution in [0.15, 0.2) is 47.6 Å². The van der Waals surface area contributed by atoms with E-state index in [1.54, 1.807) is 18.3 Å². The van der Waals surface area contributed by atoms with E-state index in [9.17, 15) is 4.79 Å². The van der Waals surface area contributed by atoms with Gasteiger partial charge < -0.3 is 14.2 Å². The van der Waals surface area contributed by atoms with Gasteiger partial charge in [-0.3, -0.25) is 4.79 Å². The highest BCUT2D eigenvalue weighted by Crippen LogP contribution is 2.36. The van der Waals surface area contributed by atoms with Gasteiger partial charge in [-0.05, 0) is 58.7 Å². The Morgan fingerprint density at radius 1 is 1.07 bits per heavy atom. The van der Waals surface area contributed by atoms with Crippen LogP contribution in [0.25, 0.3) is 0 Å². The van der Waals surface area contributed by atoms with E-state index in [0.717, 1.165) is 12.0 Å². The van der Waals surface area contributed by atoms with Gasteiger partial charge in [0.1, 0.15) is 5.75 Å². The number of hydrazone groups is 1. The number of amides is 1. The number of benzene rings is 2. The Bertz CT molecular complexity index is 912. The molecule has 0 bridgehead atoms. The Morgan fingerprint density at radius 2 is 1.77 bits per heavy atom. The van der Waals surface area contributed by atoms with Crippen molar-refractivity contribution in [3.05, 3.63) is 53.6 Å². The third-order valence-corrected chi connectivity index (χ3v) is 4.78. The largest absolute Gasteiger partial charge is 0.484 e. The zero-order chi connectivity index (χ0) is 21.8. The highest BCUT2D eigenvalue weighted by molar-refractivity contribution is 5.83. The van der Waals surface area contributed by atoms with E-state index >= 15 is 0 Å². The number of hydrogen-bond acceptors (Lipinski definition) is 5. The lowest BCUT2D eigenvalue weighted by atomic mass is 9.72. The van der Waals surface area contributed by atoms with E-state index in [1.807, 2.05) is 18.2 Å². The predicted octanol–water partition coefficient (Wildman–Crippen LogP) is 4.66. The Balaban J connectivity index is 1.47. The number of nitrogens with one attached hydrogen (secondary N) is 1. The molecule has 2 aromatic rings. The molecular weight excluding hydrogens is 380 g/mol. The third-order valence-electron chi connectivity index (χ3n) is 4.78. The maximum Gasteiger partial charge on any atom is 0.277 e. The van der Waals surface area contributed by atoms with E-state index < -0.39 is 0 Å². The molecule has 3 rings (SSSR count). The minimum absolute atomic E-state index is 0.0671. The number of rotatable bonds is 7. The van der Waals surface area contributed by atoms with E-state index in [-0.39, 0.29) is 30.1 Å². The number of carbonyl (C=O) groups excluding carboxylic acids is 1. The molecule has 0 saturated heterocycles. The fourth-order valence-corrected chi connectivity index (χ4v) is 3.78. The average Bonchev–Trinajstić information content (AvgIpc) is 3.13. The van der Waals surface area contributed by atoms with Gasteiger partial charge in [0.25, 0.3) is 5.91 Å². The molecule has 6 nitrogen and oxygen atoms in total. The lowest BCUT2D eigenvalue weighted by Crippen LogP contribution is -2.25. The molecule has 0 aliphatic carbocycles. The third kappa shape index (κ3) is 5.99. The number of nitrogens with zero attached hydrogens (tertiary/aromatic N) is 1.